The molecule has 1 heterocycles. The molecule has 0 spiro atoms. The molecule has 0 aliphatic heterocycles. The van der Waals surface area contributed by atoms with Crippen molar-refractivity contribution in [3.8, 4) is 0 Å². The maximum atomic E-state index is 11.7. The number of aromatic amines is 1. The first-order valence-electron chi connectivity index (χ1n) is 5.33. The predicted octanol–water partition coefficient (Wildman–Crippen LogP) is 0.694. The molecular weight excluding hydrogens is 192 g/mol. The van der Waals surface area contributed by atoms with E-state index in [-0.39, 0.29) is 5.91 Å². The lowest BCUT2D eigenvalue weighted by Gasteiger charge is -2.01. The van der Waals surface area contributed by atoms with Gasteiger partial charge in [-0.1, -0.05) is 6.92 Å². The molecule has 0 bridgehead atoms. The van der Waals surface area contributed by atoms with Crippen LogP contribution in [0.4, 0.5) is 5.69 Å². The second-order valence-corrected chi connectivity index (χ2v) is 3.97. The summed E-state index contributed by atoms with van der Waals surface area (Å²) in [6.07, 6.45) is 3.20. The number of H-pyrrole nitrogens is 1. The van der Waals surface area contributed by atoms with Crippen molar-refractivity contribution in [1.82, 2.24) is 15.5 Å². The molecule has 0 unspecified atom stereocenters. The lowest BCUT2D eigenvalue weighted by atomic mass is 10.2. The summed E-state index contributed by atoms with van der Waals surface area (Å²) >= 11 is 0. The van der Waals surface area contributed by atoms with E-state index >= 15 is 0 Å². The average molecular weight is 208 g/mol. The van der Waals surface area contributed by atoms with E-state index in [0.717, 1.165) is 18.7 Å². The van der Waals surface area contributed by atoms with E-state index in [1.165, 1.54) is 12.8 Å². The number of aromatic nitrogens is 2. The molecule has 1 fully saturated rings. The summed E-state index contributed by atoms with van der Waals surface area (Å²) in [5.41, 5.74) is 7.41. The maximum Gasteiger partial charge on any atom is 0.273 e. The molecule has 1 saturated carbocycles. The van der Waals surface area contributed by atoms with Gasteiger partial charge in [0.05, 0.1) is 11.4 Å². The Bertz CT molecular complexity index is 367. The predicted molar refractivity (Wildman–Crippen MR) is 57.4 cm³/mol. The van der Waals surface area contributed by atoms with Crippen LogP contribution in [0.2, 0.25) is 0 Å². The first-order valence-corrected chi connectivity index (χ1v) is 5.33. The Morgan fingerprint density at radius 3 is 2.93 bits per heavy atom. The molecule has 2 rings (SSSR count). The molecule has 4 N–H and O–H groups in total. The number of nitrogens with zero attached hydrogens (tertiary/aromatic N) is 1. The van der Waals surface area contributed by atoms with Crippen molar-refractivity contribution in [1.29, 1.82) is 0 Å². The molecule has 5 nitrogen and oxygen atoms in total. The van der Waals surface area contributed by atoms with Crippen LogP contribution in [-0.4, -0.2) is 22.6 Å². The van der Waals surface area contributed by atoms with Crippen molar-refractivity contribution in [2.45, 2.75) is 26.2 Å². The monoisotopic (exact) mass is 208 g/mol. The zero-order valence-corrected chi connectivity index (χ0v) is 8.84. The topological polar surface area (TPSA) is 83.8 Å². The Morgan fingerprint density at radius 2 is 2.40 bits per heavy atom. The average Bonchev–Trinajstić information content (AvgIpc) is 2.98. The largest absolute Gasteiger partial charge is 0.395 e. The lowest BCUT2D eigenvalue weighted by molar-refractivity contribution is 0.0947. The van der Waals surface area contributed by atoms with Crippen LogP contribution in [0, 0.1) is 5.92 Å². The smallest absolute Gasteiger partial charge is 0.273 e. The fraction of sp³-hybridized carbons (Fsp3) is 0.600. The Hall–Kier alpha value is -1.52. The fourth-order valence-corrected chi connectivity index (χ4v) is 1.47. The van der Waals surface area contributed by atoms with E-state index in [1.54, 1.807) is 0 Å². The molecular formula is C10H16N4O. The van der Waals surface area contributed by atoms with Gasteiger partial charge in [-0.25, -0.2) is 0 Å². The van der Waals surface area contributed by atoms with Gasteiger partial charge < -0.3 is 11.1 Å². The molecule has 15 heavy (non-hydrogen) atoms. The fourth-order valence-electron chi connectivity index (χ4n) is 1.47. The summed E-state index contributed by atoms with van der Waals surface area (Å²) < 4.78 is 0. The molecule has 0 radical (unpaired) electrons. The standard InChI is InChI=1S/C10H16N4O/c1-2-7-8(11)9(14-13-7)10(15)12-5-6-3-4-6/h6H,2-5,11H2,1H3,(H,12,15)(H,13,14). The van der Waals surface area contributed by atoms with Crippen molar-refractivity contribution in [3.05, 3.63) is 11.4 Å². The molecule has 1 aliphatic carbocycles. The van der Waals surface area contributed by atoms with Gasteiger partial charge in [-0.2, -0.15) is 5.10 Å². The molecule has 1 aromatic heterocycles. The summed E-state index contributed by atoms with van der Waals surface area (Å²) in [5.74, 6) is 0.495. The highest BCUT2D eigenvalue weighted by atomic mass is 16.1. The summed E-state index contributed by atoms with van der Waals surface area (Å²) in [4.78, 5) is 11.7. The maximum absolute atomic E-state index is 11.7. The van der Waals surface area contributed by atoms with Gasteiger partial charge >= 0.3 is 0 Å². The van der Waals surface area contributed by atoms with Crippen LogP contribution in [0.3, 0.4) is 0 Å². The third kappa shape index (κ3) is 2.11. The van der Waals surface area contributed by atoms with Gasteiger partial charge in [-0.3, -0.25) is 9.89 Å². The quantitative estimate of drug-likeness (QED) is 0.680. The van der Waals surface area contributed by atoms with Crippen LogP contribution >= 0.6 is 0 Å². The van der Waals surface area contributed by atoms with E-state index in [4.69, 9.17) is 5.73 Å². The molecule has 0 atom stereocenters. The molecule has 0 aromatic carbocycles. The van der Waals surface area contributed by atoms with Gasteiger partial charge in [0.15, 0.2) is 5.69 Å². The number of carbonyl (C=O) groups is 1. The van der Waals surface area contributed by atoms with Crippen molar-refractivity contribution in [3.63, 3.8) is 0 Å². The third-order valence-electron chi connectivity index (χ3n) is 2.70. The third-order valence-corrected chi connectivity index (χ3v) is 2.70. The van der Waals surface area contributed by atoms with E-state index in [1.807, 2.05) is 6.92 Å². The van der Waals surface area contributed by atoms with Gasteiger partial charge in [0.1, 0.15) is 0 Å². The molecule has 5 heteroatoms. The van der Waals surface area contributed by atoms with Crippen molar-refractivity contribution >= 4 is 11.6 Å². The number of aryl methyl sites for hydroxylation is 1. The zero-order valence-electron chi connectivity index (χ0n) is 8.84. The second kappa shape index (κ2) is 3.92. The summed E-state index contributed by atoms with van der Waals surface area (Å²) in [7, 11) is 0. The number of hydrogen-bond donors (Lipinski definition) is 3. The van der Waals surface area contributed by atoms with Gasteiger partial charge in [-0.05, 0) is 25.2 Å². The van der Waals surface area contributed by atoms with Crippen LogP contribution in [0.15, 0.2) is 0 Å². The number of nitrogen functional groups attached to an aromatic ring is 1. The Morgan fingerprint density at radius 1 is 1.67 bits per heavy atom. The number of rotatable bonds is 4. The van der Waals surface area contributed by atoms with Crippen molar-refractivity contribution < 1.29 is 4.79 Å². The first-order chi connectivity index (χ1) is 7.22. The minimum Gasteiger partial charge on any atom is -0.395 e. The number of carbonyl (C=O) groups excluding carboxylic acids is 1. The minimum atomic E-state index is -0.171. The summed E-state index contributed by atoms with van der Waals surface area (Å²) in [6.45, 7) is 2.71. The van der Waals surface area contributed by atoms with Gasteiger partial charge in [0, 0.05) is 6.54 Å². The molecule has 82 valence electrons. The van der Waals surface area contributed by atoms with E-state index in [2.05, 4.69) is 15.5 Å². The number of amides is 1. The second-order valence-electron chi connectivity index (χ2n) is 3.97. The molecule has 1 aromatic rings. The highest BCUT2D eigenvalue weighted by molar-refractivity contribution is 5.97. The molecule has 1 aliphatic rings. The lowest BCUT2D eigenvalue weighted by Crippen LogP contribution is -2.26. The highest BCUT2D eigenvalue weighted by Crippen LogP contribution is 2.27. The van der Waals surface area contributed by atoms with E-state index in [0.29, 0.717) is 17.3 Å². The van der Waals surface area contributed by atoms with Crippen molar-refractivity contribution in [2.24, 2.45) is 5.92 Å². The van der Waals surface area contributed by atoms with E-state index < -0.39 is 0 Å². The van der Waals surface area contributed by atoms with Gasteiger partial charge in [-0.15, -0.1) is 0 Å². The number of hydrogen-bond acceptors (Lipinski definition) is 3. The van der Waals surface area contributed by atoms with Crippen LogP contribution in [0.25, 0.3) is 0 Å². The number of nitrogens with one attached hydrogen (secondary N) is 2. The molecule has 1 amide bonds. The summed E-state index contributed by atoms with van der Waals surface area (Å²) in [6, 6.07) is 0. The SMILES string of the molecule is CCc1[nH]nc(C(=O)NCC2CC2)c1N. The van der Waals surface area contributed by atoms with Crippen molar-refractivity contribution in [2.75, 3.05) is 12.3 Å². The minimum absolute atomic E-state index is 0.171. The highest BCUT2D eigenvalue weighted by Gasteiger charge is 2.23. The van der Waals surface area contributed by atoms with Crippen LogP contribution < -0.4 is 11.1 Å². The van der Waals surface area contributed by atoms with Gasteiger partial charge in [0.25, 0.3) is 5.91 Å². The first kappa shape index (κ1) is 10.0. The normalized spacial score (nSPS) is 15.3. The number of anilines is 1. The number of nitrogens with two attached hydrogens (primary N) is 1. The zero-order chi connectivity index (χ0) is 10.8. The Kier molecular flexibility index (Phi) is 2.62. The van der Waals surface area contributed by atoms with E-state index in [9.17, 15) is 4.79 Å². The Balaban J connectivity index is 2.00. The van der Waals surface area contributed by atoms with Crippen LogP contribution in [0.1, 0.15) is 35.9 Å². The van der Waals surface area contributed by atoms with Gasteiger partial charge in [0.2, 0.25) is 0 Å². The molecule has 0 saturated heterocycles. The summed E-state index contributed by atoms with van der Waals surface area (Å²) in [5, 5.41) is 9.53. The Labute approximate surface area is 88.4 Å². The van der Waals surface area contributed by atoms with Crippen LogP contribution in [-0.2, 0) is 6.42 Å². The van der Waals surface area contributed by atoms with Crippen LogP contribution in [0.5, 0.6) is 0 Å².